The smallest absolute Gasteiger partial charge is 0.433 e. The van der Waals surface area contributed by atoms with Crippen molar-refractivity contribution in [1.82, 2.24) is 15.1 Å². The van der Waals surface area contributed by atoms with Gasteiger partial charge in [-0.15, -0.1) is 0 Å². The van der Waals surface area contributed by atoms with E-state index in [2.05, 4.69) is 10.4 Å². The van der Waals surface area contributed by atoms with Gasteiger partial charge >= 0.3 is 6.18 Å². The van der Waals surface area contributed by atoms with Gasteiger partial charge in [0.05, 0.1) is 18.3 Å². The molecule has 5 nitrogen and oxygen atoms in total. The van der Waals surface area contributed by atoms with Gasteiger partial charge in [0.1, 0.15) is 12.4 Å². The van der Waals surface area contributed by atoms with Crippen molar-refractivity contribution in [3.05, 3.63) is 47.3 Å². The lowest BCUT2D eigenvalue weighted by atomic mass is 10.2. The van der Waals surface area contributed by atoms with Gasteiger partial charge in [0.2, 0.25) is 0 Å². The monoisotopic (exact) mass is 355 g/mol. The first-order valence-corrected chi connectivity index (χ1v) is 7.82. The summed E-state index contributed by atoms with van der Waals surface area (Å²) in [7, 11) is 0. The first-order chi connectivity index (χ1) is 11.7. The molecule has 0 saturated carbocycles. The standard InChI is InChI=1S/C17H20F3N3O2/c1-11(2)23-15(17(18,19)20)14(10-22-23)16(24)21-8-9-25-13-6-4-12(3)5-7-13/h4-7,10-11H,8-9H2,1-3H3,(H,21,24). The molecule has 0 unspecified atom stereocenters. The molecular formula is C17H20F3N3O2. The Balaban J connectivity index is 1.98. The molecule has 2 aromatic rings. The molecule has 136 valence electrons. The van der Waals surface area contributed by atoms with Crippen molar-refractivity contribution in [2.45, 2.75) is 33.0 Å². The summed E-state index contributed by atoms with van der Waals surface area (Å²) in [6.45, 7) is 5.31. The van der Waals surface area contributed by atoms with Crippen molar-refractivity contribution in [2.75, 3.05) is 13.2 Å². The average molecular weight is 355 g/mol. The lowest BCUT2D eigenvalue weighted by Crippen LogP contribution is -2.30. The quantitative estimate of drug-likeness (QED) is 0.806. The largest absolute Gasteiger partial charge is 0.492 e. The Morgan fingerprint density at radius 2 is 1.92 bits per heavy atom. The molecule has 0 aliphatic carbocycles. The lowest BCUT2D eigenvalue weighted by molar-refractivity contribution is -0.145. The molecule has 1 N–H and O–H groups in total. The highest BCUT2D eigenvalue weighted by atomic mass is 19.4. The minimum Gasteiger partial charge on any atom is -0.492 e. The van der Waals surface area contributed by atoms with Crippen LogP contribution in [-0.2, 0) is 6.18 Å². The Labute approximate surface area is 143 Å². The lowest BCUT2D eigenvalue weighted by Gasteiger charge is -2.15. The molecule has 0 aliphatic heterocycles. The maximum Gasteiger partial charge on any atom is 0.433 e. The van der Waals surface area contributed by atoms with Crippen LogP contribution in [0, 0.1) is 6.92 Å². The summed E-state index contributed by atoms with van der Waals surface area (Å²) in [4.78, 5) is 12.1. The summed E-state index contributed by atoms with van der Waals surface area (Å²) >= 11 is 0. The van der Waals surface area contributed by atoms with E-state index in [0.29, 0.717) is 5.75 Å². The van der Waals surface area contributed by atoms with Gasteiger partial charge < -0.3 is 10.1 Å². The van der Waals surface area contributed by atoms with Gasteiger partial charge in [0.25, 0.3) is 5.91 Å². The normalized spacial score (nSPS) is 11.6. The van der Waals surface area contributed by atoms with Crippen LogP contribution in [-0.4, -0.2) is 28.8 Å². The van der Waals surface area contributed by atoms with Crippen molar-refractivity contribution >= 4 is 5.91 Å². The molecule has 0 aliphatic rings. The molecule has 0 radical (unpaired) electrons. The molecule has 2 rings (SSSR count). The number of rotatable bonds is 6. The Kier molecular flexibility index (Phi) is 5.71. The summed E-state index contributed by atoms with van der Waals surface area (Å²) in [6, 6.07) is 6.81. The third-order valence-corrected chi connectivity index (χ3v) is 3.48. The SMILES string of the molecule is Cc1ccc(OCCNC(=O)c2cnn(C(C)C)c2C(F)(F)F)cc1. The van der Waals surface area contributed by atoms with E-state index in [1.54, 1.807) is 26.0 Å². The zero-order chi connectivity index (χ0) is 18.6. The van der Waals surface area contributed by atoms with E-state index < -0.39 is 29.4 Å². The van der Waals surface area contributed by atoms with E-state index >= 15 is 0 Å². The number of amides is 1. The number of aryl methyl sites for hydroxylation is 1. The van der Waals surface area contributed by atoms with E-state index in [1.807, 2.05) is 19.1 Å². The fourth-order valence-electron chi connectivity index (χ4n) is 2.27. The van der Waals surface area contributed by atoms with E-state index in [9.17, 15) is 18.0 Å². The molecule has 0 fully saturated rings. The highest BCUT2D eigenvalue weighted by molar-refractivity contribution is 5.95. The van der Waals surface area contributed by atoms with E-state index in [1.165, 1.54) is 0 Å². The zero-order valence-electron chi connectivity index (χ0n) is 14.2. The maximum absolute atomic E-state index is 13.2. The van der Waals surface area contributed by atoms with Crippen LogP contribution in [0.3, 0.4) is 0 Å². The second kappa shape index (κ2) is 7.58. The molecule has 1 aromatic carbocycles. The highest BCUT2D eigenvalue weighted by Crippen LogP contribution is 2.33. The number of alkyl halides is 3. The van der Waals surface area contributed by atoms with Crippen LogP contribution in [0.5, 0.6) is 5.75 Å². The van der Waals surface area contributed by atoms with Crippen LogP contribution in [0.15, 0.2) is 30.5 Å². The molecular weight excluding hydrogens is 335 g/mol. The molecule has 0 spiro atoms. The van der Waals surface area contributed by atoms with Gasteiger partial charge in [-0.25, -0.2) is 0 Å². The molecule has 8 heteroatoms. The Bertz CT molecular complexity index is 722. The number of aromatic nitrogens is 2. The van der Waals surface area contributed by atoms with E-state index in [4.69, 9.17) is 4.74 Å². The number of carbonyl (C=O) groups is 1. The Hall–Kier alpha value is -2.51. The van der Waals surface area contributed by atoms with Crippen molar-refractivity contribution in [3.8, 4) is 5.75 Å². The van der Waals surface area contributed by atoms with E-state index in [0.717, 1.165) is 16.4 Å². The van der Waals surface area contributed by atoms with Gasteiger partial charge in [-0.2, -0.15) is 18.3 Å². The Morgan fingerprint density at radius 1 is 1.28 bits per heavy atom. The minimum absolute atomic E-state index is 0.0802. The summed E-state index contributed by atoms with van der Waals surface area (Å²) < 4.78 is 46.0. The van der Waals surface area contributed by atoms with Gasteiger partial charge in [-0.05, 0) is 32.9 Å². The number of ether oxygens (including phenoxy) is 1. The van der Waals surface area contributed by atoms with Crippen LogP contribution >= 0.6 is 0 Å². The van der Waals surface area contributed by atoms with Gasteiger partial charge in [-0.1, -0.05) is 17.7 Å². The van der Waals surface area contributed by atoms with Crippen molar-refractivity contribution < 1.29 is 22.7 Å². The molecule has 1 aromatic heterocycles. The predicted octanol–water partition coefficient (Wildman–Crippen LogP) is 3.60. The van der Waals surface area contributed by atoms with Gasteiger partial charge in [-0.3, -0.25) is 9.48 Å². The third-order valence-electron chi connectivity index (χ3n) is 3.48. The first-order valence-electron chi connectivity index (χ1n) is 7.82. The van der Waals surface area contributed by atoms with Crippen LogP contribution in [0.2, 0.25) is 0 Å². The molecule has 1 heterocycles. The zero-order valence-corrected chi connectivity index (χ0v) is 14.2. The average Bonchev–Trinajstić information content (AvgIpc) is 2.98. The molecule has 0 bridgehead atoms. The molecule has 0 atom stereocenters. The second-order valence-electron chi connectivity index (χ2n) is 5.86. The number of halogens is 3. The first kappa shape index (κ1) is 18.8. The summed E-state index contributed by atoms with van der Waals surface area (Å²) in [5, 5.41) is 6.12. The molecule has 1 amide bonds. The van der Waals surface area contributed by atoms with Crippen LogP contribution < -0.4 is 10.1 Å². The molecule has 0 saturated heterocycles. The number of carbonyl (C=O) groups excluding carboxylic acids is 1. The number of hydrogen-bond donors (Lipinski definition) is 1. The van der Waals surface area contributed by atoms with Crippen LogP contribution in [0.25, 0.3) is 0 Å². The summed E-state index contributed by atoms with van der Waals surface area (Å²) in [5.74, 6) is -0.199. The number of nitrogens with one attached hydrogen (secondary N) is 1. The highest BCUT2D eigenvalue weighted by Gasteiger charge is 2.40. The van der Waals surface area contributed by atoms with Crippen molar-refractivity contribution in [2.24, 2.45) is 0 Å². The fourth-order valence-corrected chi connectivity index (χ4v) is 2.27. The van der Waals surface area contributed by atoms with Gasteiger partial charge in [0.15, 0.2) is 5.69 Å². The number of hydrogen-bond acceptors (Lipinski definition) is 3. The fraction of sp³-hybridized carbons (Fsp3) is 0.412. The summed E-state index contributed by atoms with van der Waals surface area (Å²) in [5.41, 5.74) is -0.446. The van der Waals surface area contributed by atoms with Crippen LogP contribution in [0.1, 0.15) is 41.5 Å². The predicted molar refractivity (Wildman–Crippen MR) is 86.6 cm³/mol. The maximum atomic E-state index is 13.2. The van der Waals surface area contributed by atoms with Crippen LogP contribution in [0.4, 0.5) is 13.2 Å². The van der Waals surface area contributed by atoms with Crippen molar-refractivity contribution in [3.63, 3.8) is 0 Å². The number of nitrogens with zero attached hydrogens (tertiary/aromatic N) is 2. The topological polar surface area (TPSA) is 56.1 Å². The van der Waals surface area contributed by atoms with Crippen molar-refractivity contribution in [1.29, 1.82) is 0 Å². The number of benzene rings is 1. The third kappa shape index (κ3) is 4.74. The molecule has 25 heavy (non-hydrogen) atoms. The summed E-state index contributed by atoms with van der Waals surface area (Å²) in [6.07, 6.45) is -3.72. The minimum atomic E-state index is -4.66. The second-order valence-corrected chi connectivity index (χ2v) is 5.86. The Morgan fingerprint density at radius 3 is 2.48 bits per heavy atom. The van der Waals surface area contributed by atoms with Gasteiger partial charge in [0, 0.05) is 6.04 Å². The van der Waals surface area contributed by atoms with E-state index in [-0.39, 0.29) is 13.2 Å².